The van der Waals surface area contributed by atoms with Crippen LogP contribution in [0.1, 0.15) is 52.9 Å². The van der Waals surface area contributed by atoms with Crippen molar-refractivity contribution in [2.45, 2.75) is 58.5 Å². The largest absolute Gasteiger partial charge is 0.481 e. The van der Waals surface area contributed by atoms with E-state index in [1.807, 2.05) is 0 Å². The van der Waals surface area contributed by atoms with Crippen LogP contribution in [0.25, 0.3) is 0 Å². The van der Waals surface area contributed by atoms with Crippen LogP contribution in [0.3, 0.4) is 0 Å². The van der Waals surface area contributed by atoms with Crippen LogP contribution in [-0.2, 0) is 14.3 Å². The van der Waals surface area contributed by atoms with E-state index in [4.69, 9.17) is 4.74 Å². The molecule has 1 saturated carbocycles. The van der Waals surface area contributed by atoms with E-state index in [-0.39, 0.29) is 12.8 Å². The second kappa shape index (κ2) is 7.12. The highest BCUT2D eigenvalue weighted by Crippen LogP contribution is 2.46. The SMILES string of the molecule is C=CCC(CC=C)(C(=O)OC(C)(C)C)[C@@H](CC1CC1)C(=O)O. The maximum absolute atomic E-state index is 12.8. The topological polar surface area (TPSA) is 63.6 Å². The van der Waals surface area contributed by atoms with E-state index in [1.165, 1.54) is 0 Å². The van der Waals surface area contributed by atoms with Gasteiger partial charge in [0.25, 0.3) is 0 Å². The summed E-state index contributed by atoms with van der Waals surface area (Å²) in [6.45, 7) is 12.8. The number of esters is 1. The second-order valence-electron chi connectivity index (χ2n) is 7.21. The van der Waals surface area contributed by atoms with Gasteiger partial charge in [0.15, 0.2) is 0 Å². The molecule has 0 amide bonds. The van der Waals surface area contributed by atoms with Crippen molar-refractivity contribution in [1.82, 2.24) is 0 Å². The number of carboxylic acids is 1. The lowest BCUT2D eigenvalue weighted by Crippen LogP contribution is -2.46. The van der Waals surface area contributed by atoms with E-state index in [1.54, 1.807) is 32.9 Å². The number of hydrogen-bond acceptors (Lipinski definition) is 3. The molecule has 1 rings (SSSR count). The van der Waals surface area contributed by atoms with Gasteiger partial charge in [-0.25, -0.2) is 0 Å². The van der Waals surface area contributed by atoms with Crippen LogP contribution >= 0.6 is 0 Å². The summed E-state index contributed by atoms with van der Waals surface area (Å²) in [4.78, 5) is 24.7. The van der Waals surface area contributed by atoms with E-state index in [0.717, 1.165) is 12.8 Å². The Morgan fingerprint density at radius 3 is 2.05 bits per heavy atom. The lowest BCUT2D eigenvalue weighted by atomic mass is 9.68. The van der Waals surface area contributed by atoms with Crippen LogP contribution in [0.15, 0.2) is 25.3 Å². The summed E-state index contributed by atoms with van der Waals surface area (Å²) < 4.78 is 5.54. The molecule has 0 aliphatic heterocycles. The maximum atomic E-state index is 12.8. The normalized spacial score (nSPS) is 16.7. The number of rotatable bonds is 9. The fourth-order valence-corrected chi connectivity index (χ4v) is 2.82. The molecule has 1 aliphatic rings. The number of carbonyl (C=O) groups excluding carboxylic acids is 1. The van der Waals surface area contributed by atoms with Gasteiger partial charge < -0.3 is 9.84 Å². The lowest BCUT2D eigenvalue weighted by molar-refractivity contribution is -0.177. The first-order valence-electron chi connectivity index (χ1n) is 7.84. The van der Waals surface area contributed by atoms with Gasteiger partial charge in [-0.1, -0.05) is 25.0 Å². The Balaban J connectivity index is 3.20. The summed E-state index contributed by atoms with van der Waals surface area (Å²) in [6.07, 6.45) is 6.35. The van der Waals surface area contributed by atoms with E-state index < -0.39 is 28.9 Å². The van der Waals surface area contributed by atoms with Crippen molar-refractivity contribution in [3.05, 3.63) is 25.3 Å². The molecule has 0 aromatic rings. The zero-order chi connectivity index (χ0) is 17.0. The van der Waals surface area contributed by atoms with E-state index in [0.29, 0.717) is 12.3 Å². The quantitative estimate of drug-likeness (QED) is 0.517. The number of carboxylic acid groups (broad SMARTS) is 1. The molecule has 0 aromatic carbocycles. The predicted molar refractivity (Wildman–Crippen MR) is 86.4 cm³/mol. The third kappa shape index (κ3) is 4.72. The molecule has 0 aromatic heterocycles. The van der Waals surface area contributed by atoms with Crippen molar-refractivity contribution in [3.8, 4) is 0 Å². The molecule has 0 heterocycles. The Labute approximate surface area is 133 Å². The van der Waals surface area contributed by atoms with Crippen LogP contribution in [0, 0.1) is 17.3 Å². The Hall–Kier alpha value is -1.58. The minimum absolute atomic E-state index is 0.275. The molecular weight excluding hydrogens is 280 g/mol. The number of hydrogen-bond donors (Lipinski definition) is 1. The molecule has 0 radical (unpaired) electrons. The minimum atomic E-state index is -1.12. The molecule has 1 atom stereocenters. The average molecular weight is 308 g/mol. The number of ether oxygens (including phenoxy) is 1. The highest BCUT2D eigenvalue weighted by molar-refractivity contribution is 5.85. The smallest absolute Gasteiger partial charge is 0.314 e. The molecule has 1 aliphatic carbocycles. The standard InChI is InChI=1S/C18H28O4/c1-6-10-18(11-7-2,16(21)22-17(3,4)5)14(15(19)20)12-13-8-9-13/h6-7,13-14H,1-2,8-12H2,3-5H3,(H,19,20)/t14-/m0/s1. The highest BCUT2D eigenvalue weighted by atomic mass is 16.6. The summed E-state index contributed by atoms with van der Waals surface area (Å²) in [5.74, 6) is -1.78. The molecule has 0 bridgehead atoms. The molecule has 0 saturated heterocycles. The van der Waals surface area contributed by atoms with Gasteiger partial charge in [-0.05, 0) is 46.0 Å². The van der Waals surface area contributed by atoms with Crippen LogP contribution in [-0.4, -0.2) is 22.6 Å². The van der Waals surface area contributed by atoms with Crippen molar-refractivity contribution in [2.75, 3.05) is 0 Å². The lowest BCUT2D eigenvalue weighted by Gasteiger charge is -2.37. The van der Waals surface area contributed by atoms with Crippen molar-refractivity contribution in [2.24, 2.45) is 17.3 Å². The summed E-state index contributed by atoms with van der Waals surface area (Å²) in [6, 6.07) is 0. The Morgan fingerprint density at radius 2 is 1.73 bits per heavy atom. The first-order valence-corrected chi connectivity index (χ1v) is 7.84. The van der Waals surface area contributed by atoms with Gasteiger partial charge in [-0.15, -0.1) is 13.2 Å². The fourth-order valence-electron chi connectivity index (χ4n) is 2.82. The maximum Gasteiger partial charge on any atom is 0.314 e. The summed E-state index contributed by atoms with van der Waals surface area (Å²) in [5, 5.41) is 9.71. The summed E-state index contributed by atoms with van der Waals surface area (Å²) in [7, 11) is 0. The Bertz CT molecular complexity index is 430. The van der Waals surface area contributed by atoms with Crippen molar-refractivity contribution < 1.29 is 19.4 Å². The summed E-state index contributed by atoms with van der Waals surface area (Å²) >= 11 is 0. The molecule has 1 fully saturated rings. The third-order valence-corrected chi connectivity index (χ3v) is 4.05. The average Bonchev–Trinajstić information content (AvgIpc) is 3.17. The predicted octanol–water partition coefficient (Wildman–Crippen LogP) is 3.97. The van der Waals surface area contributed by atoms with E-state index in [9.17, 15) is 14.7 Å². The van der Waals surface area contributed by atoms with Gasteiger partial charge in [-0.2, -0.15) is 0 Å². The first kappa shape index (κ1) is 18.5. The molecule has 0 spiro atoms. The van der Waals surface area contributed by atoms with E-state index in [2.05, 4.69) is 13.2 Å². The van der Waals surface area contributed by atoms with Gasteiger partial charge in [0.2, 0.25) is 0 Å². The molecule has 0 unspecified atom stereocenters. The van der Waals surface area contributed by atoms with E-state index >= 15 is 0 Å². The molecular formula is C18H28O4. The first-order chi connectivity index (χ1) is 10.2. The molecule has 22 heavy (non-hydrogen) atoms. The number of aliphatic carboxylic acids is 1. The number of allylic oxidation sites excluding steroid dienone is 2. The van der Waals surface area contributed by atoms with Gasteiger partial charge >= 0.3 is 11.9 Å². The van der Waals surface area contributed by atoms with Crippen molar-refractivity contribution >= 4 is 11.9 Å². The number of carbonyl (C=O) groups is 2. The Kier molecular flexibility index (Phi) is 5.98. The fraction of sp³-hybridized carbons (Fsp3) is 0.667. The van der Waals surface area contributed by atoms with Crippen LogP contribution < -0.4 is 0 Å². The summed E-state index contributed by atoms with van der Waals surface area (Å²) in [5.41, 5.74) is -1.78. The van der Waals surface area contributed by atoms with Crippen LogP contribution in [0.4, 0.5) is 0 Å². The van der Waals surface area contributed by atoms with Gasteiger partial charge in [0.05, 0.1) is 11.3 Å². The molecule has 124 valence electrons. The van der Waals surface area contributed by atoms with Crippen LogP contribution in [0.5, 0.6) is 0 Å². The van der Waals surface area contributed by atoms with Crippen LogP contribution in [0.2, 0.25) is 0 Å². The minimum Gasteiger partial charge on any atom is -0.481 e. The van der Waals surface area contributed by atoms with Gasteiger partial charge in [-0.3, -0.25) is 9.59 Å². The van der Waals surface area contributed by atoms with Gasteiger partial charge in [0.1, 0.15) is 5.60 Å². The van der Waals surface area contributed by atoms with Crippen molar-refractivity contribution in [3.63, 3.8) is 0 Å². The zero-order valence-electron chi connectivity index (χ0n) is 13.9. The molecule has 4 nitrogen and oxygen atoms in total. The van der Waals surface area contributed by atoms with Crippen molar-refractivity contribution in [1.29, 1.82) is 0 Å². The molecule has 1 N–H and O–H groups in total. The third-order valence-electron chi connectivity index (χ3n) is 4.05. The Morgan fingerprint density at radius 1 is 1.23 bits per heavy atom. The van der Waals surface area contributed by atoms with Gasteiger partial charge in [0, 0.05) is 0 Å². The zero-order valence-corrected chi connectivity index (χ0v) is 13.9. The second-order valence-corrected chi connectivity index (χ2v) is 7.21. The molecule has 4 heteroatoms. The highest BCUT2D eigenvalue weighted by Gasteiger charge is 2.51. The monoisotopic (exact) mass is 308 g/mol.